The van der Waals surface area contributed by atoms with Crippen LogP contribution in [0, 0.1) is 0 Å². The predicted molar refractivity (Wildman–Crippen MR) is 417 cm³/mol. The highest BCUT2D eigenvalue weighted by atomic mass is 15.0. The molecule has 0 spiro atoms. The molecular formula is C94H60N6. The Hall–Kier alpha value is -13.4. The van der Waals surface area contributed by atoms with Gasteiger partial charge in [0.2, 0.25) is 0 Å². The maximum atomic E-state index is 5.25. The van der Waals surface area contributed by atoms with Crippen molar-refractivity contribution in [3.63, 3.8) is 0 Å². The quantitative estimate of drug-likeness (QED) is 0.130. The van der Waals surface area contributed by atoms with Gasteiger partial charge >= 0.3 is 0 Å². The van der Waals surface area contributed by atoms with Crippen molar-refractivity contribution in [3.8, 4) is 101 Å². The van der Waals surface area contributed by atoms with Gasteiger partial charge in [0.15, 0.2) is 5.82 Å². The number of hydrogen-bond acceptors (Lipinski definition) is 2. The van der Waals surface area contributed by atoms with Gasteiger partial charge < -0.3 is 18.3 Å². The summed E-state index contributed by atoms with van der Waals surface area (Å²) in [4.78, 5) is 10.5. The normalized spacial score (nSPS) is 11.8. The molecule has 20 rings (SSSR count). The largest absolute Gasteiger partial charge is 0.309 e. The van der Waals surface area contributed by atoms with Gasteiger partial charge in [-0.1, -0.05) is 237 Å². The Bertz CT molecular complexity index is 6230. The van der Waals surface area contributed by atoms with E-state index in [1.54, 1.807) is 0 Å². The summed E-state index contributed by atoms with van der Waals surface area (Å²) in [7, 11) is 0. The lowest BCUT2D eigenvalue weighted by molar-refractivity contribution is 1.18. The molecule has 0 aliphatic heterocycles. The van der Waals surface area contributed by atoms with Gasteiger partial charge in [-0.2, -0.15) is 0 Å². The van der Waals surface area contributed by atoms with E-state index in [4.69, 9.17) is 9.97 Å². The van der Waals surface area contributed by atoms with E-state index < -0.39 is 0 Å². The van der Waals surface area contributed by atoms with Crippen LogP contribution in [-0.2, 0) is 0 Å². The molecule has 6 heteroatoms. The fourth-order valence-electron chi connectivity index (χ4n) is 15.7. The van der Waals surface area contributed by atoms with Crippen LogP contribution in [0.25, 0.3) is 188 Å². The molecule has 0 saturated carbocycles. The second-order valence-electron chi connectivity index (χ2n) is 26.1. The molecule has 20 aromatic rings. The number of fused-ring (bicyclic) bond motifs is 12. The molecule has 0 radical (unpaired) electrons. The Morgan fingerprint density at radius 1 is 0.150 bits per heavy atom. The third kappa shape index (κ3) is 9.41. The van der Waals surface area contributed by atoms with Crippen LogP contribution < -0.4 is 0 Å². The lowest BCUT2D eigenvalue weighted by atomic mass is 10.00. The predicted octanol–water partition coefficient (Wildman–Crippen LogP) is 24.5. The van der Waals surface area contributed by atoms with Crippen molar-refractivity contribution < 1.29 is 0 Å². The number of aromatic nitrogens is 6. The minimum atomic E-state index is 0.680. The molecule has 466 valence electrons. The molecule has 5 aromatic heterocycles. The smallest absolute Gasteiger partial charge is 0.160 e. The van der Waals surface area contributed by atoms with Crippen molar-refractivity contribution in [3.05, 3.63) is 364 Å². The molecule has 0 aliphatic carbocycles. The van der Waals surface area contributed by atoms with Gasteiger partial charge in [-0.15, -0.1) is 0 Å². The summed E-state index contributed by atoms with van der Waals surface area (Å²) in [6.45, 7) is 0. The highest BCUT2D eigenvalue weighted by Gasteiger charge is 2.21. The summed E-state index contributed by atoms with van der Waals surface area (Å²) >= 11 is 0. The molecule has 0 N–H and O–H groups in total. The Kier molecular flexibility index (Phi) is 13.2. The lowest BCUT2D eigenvalue weighted by Crippen LogP contribution is -1.96. The van der Waals surface area contributed by atoms with Crippen molar-refractivity contribution >= 4 is 87.2 Å². The van der Waals surface area contributed by atoms with Gasteiger partial charge in [-0.25, -0.2) is 9.97 Å². The van der Waals surface area contributed by atoms with E-state index in [2.05, 4.69) is 364 Å². The average Bonchev–Trinajstić information content (AvgIpc) is 1.59. The number of rotatable bonds is 11. The van der Waals surface area contributed by atoms with Gasteiger partial charge in [-0.05, 0) is 172 Å². The molecule has 0 unspecified atom stereocenters. The highest BCUT2D eigenvalue weighted by Crippen LogP contribution is 2.43. The van der Waals surface area contributed by atoms with Crippen LogP contribution in [-0.4, -0.2) is 28.2 Å². The first-order valence-corrected chi connectivity index (χ1v) is 34.2. The Labute approximate surface area is 577 Å². The fourth-order valence-corrected chi connectivity index (χ4v) is 15.7. The van der Waals surface area contributed by atoms with Gasteiger partial charge in [-0.3, -0.25) is 0 Å². The van der Waals surface area contributed by atoms with Crippen molar-refractivity contribution in [1.29, 1.82) is 0 Å². The fraction of sp³-hybridized carbons (Fsp3) is 0. The SMILES string of the molecule is c1ccc(-c2nc(-c3ccc(-c4cccc(-n5c6ccccc6c6cc(-c7ccc8c(c7)c7ccccc7n8-c7ccccc7)ccc65)c4)cc3)cc(-c3ccc(-c4cccc(-n5c6ccccc6c6cc(-c7ccc8c(c7)c7ccccc7n8-c7ccccc7)ccc65)c4)cc3)n2)cc1. The first-order chi connectivity index (χ1) is 49.6. The second-order valence-corrected chi connectivity index (χ2v) is 26.1. The summed E-state index contributed by atoms with van der Waals surface area (Å²) in [6.07, 6.45) is 0. The van der Waals surface area contributed by atoms with Crippen molar-refractivity contribution in [1.82, 2.24) is 28.2 Å². The number of hydrogen-bond donors (Lipinski definition) is 0. The third-order valence-corrected chi connectivity index (χ3v) is 20.4. The standard InChI is InChI=1S/C94H60N6/c1-4-20-65(21-5-1)94-95-84(63-42-38-61(39-43-63)66-22-18-28-74(54-66)99-88-36-16-12-32-78(88)82-58-70(48-52-92(82)99)68-46-50-90-80(56-68)76-30-10-14-34-86(76)97(90)72-24-6-2-7-25-72)60-85(96-94)64-44-40-62(41-45-64)67-23-19-29-75(55-67)100-89-37-17-13-33-79(89)83-59-71(49-53-93(83)100)69-47-51-91-81(57-69)77-31-11-15-35-87(77)98(91)73-26-8-3-9-27-73/h1-60H. The average molecular weight is 1270 g/mol. The number of para-hydroxylation sites is 6. The zero-order valence-electron chi connectivity index (χ0n) is 54.3. The van der Waals surface area contributed by atoms with Gasteiger partial charge in [0.05, 0.1) is 55.5 Å². The second kappa shape index (κ2) is 23.2. The number of nitrogens with zero attached hydrogens (tertiary/aromatic N) is 6. The topological polar surface area (TPSA) is 45.5 Å². The van der Waals surface area contributed by atoms with Crippen LogP contribution >= 0.6 is 0 Å². The van der Waals surface area contributed by atoms with Crippen LogP contribution in [0.1, 0.15) is 0 Å². The summed E-state index contributed by atoms with van der Waals surface area (Å²) in [5.74, 6) is 0.680. The van der Waals surface area contributed by atoms with Crippen LogP contribution in [0.2, 0.25) is 0 Å². The maximum Gasteiger partial charge on any atom is 0.160 e. The monoisotopic (exact) mass is 1270 g/mol. The van der Waals surface area contributed by atoms with Crippen molar-refractivity contribution in [2.75, 3.05) is 0 Å². The Morgan fingerprint density at radius 3 is 0.750 bits per heavy atom. The minimum absolute atomic E-state index is 0.680. The van der Waals surface area contributed by atoms with E-state index in [0.29, 0.717) is 5.82 Å². The summed E-state index contributed by atoms with van der Waals surface area (Å²) in [6, 6.07) is 132. The van der Waals surface area contributed by atoms with Crippen LogP contribution in [0.5, 0.6) is 0 Å². The summed E-state index contributed by atoms with van der Waals surface area (Å²) < 4.78 is 9.58. The van der Waals surface area contributed by atoms with Gasteiger partial charge in [0.1, 0.15) is 0 Å². The summed E-state index contributed by atoms with van der Waals surface area (Å²) in [5.41, 5.74) is 28.0. The number of benzene rings is 15. The molecule has 15 aromatic carbocycles. The zero-order valence-corrected chi connectivity index (χ0v) is 54.3. The van der Waals surface area contributed by atoms with E-state index >= 15 is 0 Å². The molecule has 0 aliphatic rings. The molecule has 100 heavy (non-hydrogen) atoms. The van der Waals surface area contributed by atoms with Crippen LogP contribution in [0.3, 0.4) is 0 Å². The van der Waals surface area contributed by atoms with E-state index in [9.17, 15) is 0 Å². The van der Waals surface area contributed by atoms with Crippen LogP contribution in [0.15, 0.2) is 364 Å². The first kappa shape index (κ1) is 56.9. The molecule has 5 heterocycles. The Morgan fingerprint density at radius 2 is 0.400 bits per heavy atom. The highest BCUT2D eigenvalue weighted by molar-refractivity contribution is 6.15. The van der Waals surface area contributed by atoms with Crippen LogP contribution in [0.4, 0.5) is 0 Å². The van der Waals surface area contributed by atoms with Gasteiger partial charge in [0, 0.05) is 82.5 Å². The van der Waals surface area contributed by atoms with Gasteiger partial charge in [0.25, 0.3) is 0 Å². The summed E-state index contributed by atoms with van der Waals surface area (Å²) in [5, 5.41) is 9.85. The first-order valence-electron chi connectivity index (χ1n) is 34.2. The molecule has 0 amide bonds. The Balaban J connectivity index is 0.598. The van der Waals surface area contributed by atoms with Crippen molar-refractivity contribution in [2.45, 2.75) is 0 Å². The third-order valence-electron chi connectivity index (χ3n) is 20.4. The molecule has 0 fully saturated rings. The molecule has 0 bridgehead atoms. The van der Waals surface area contributed by atoms with E-state index in [1.165, 1.54) is 98.4 Å². The maximum absolute atomic E-state index is 5.25. The molecule has 6 nitrogen and oxygen atoms in total. The van der Waals surface area contributed by atoms with E-state index in [0.717, 1.165) is 84.1 Å². The molecule has 0 saturated heterocycles. The van der Waals surface area contributed by atoms with Crippen molar-refractivity contribution in [2.24, 2.45) is 0 Å². The molecule has 0 atom stereocenters. The zero-order chi connectivity index (χ0) is 65.8. The minimum Gasteiger partial charge on any atom is -0.309 e. The van der Waals surface area contributed by atoms with E-state index in [1.807, 2.05) is 18.2 Å². The lowest BCUT2D eigenvalue weighted by Gasteiger charge is -2.13. The molecular weight excluding hydrogens is 1210 g/mol. The van der Waals surface area contributed by atoms with E-state index in [-0.39, 0.29) is 0 Å².